The first kappa shape index (κ1) is 16.5. The molecule has 1 amide bonds. The number of nitrogens with two attached hydrogens (primary N) is 1. The van der Waals surface area contributed by atoms with Crippen molar-refractivity contribution in [1.29, 1.82) is 0 Å². The fraction of sp³-hybridized carbons (Fsp3) is 0.312. The maximum absolute atomic E-state index is 12.1. The molecule has 24 heavy (non-hydrogen) atoms. The number of benzene rings is 1. The highest BCUT2D eigenvalue weighted by molar-refractivity contribution is 6.29. The molecule has 2 aromatic rings. The predicted octanol–water partition coefficient (Wildman–Crippen LogP) is 2.44. The number of nitrogens with one attached hydrogen (secondary N) is 2. The largest absolute Gasteiger partial charge is 0.368 e. The highest BCUT2D eigenvalue weighted by Crippen LogP contribution is 2.18. The van der Waals surface area contributed by atoms with Gasteiger partial charge < -0.3 is 21.1 Å². The Morgan fingerprint density at radius 1 is 1.38 bits per heavy atom. The fourth-order valence-electron chi connectivity index (χ4n) is 2.48. The summed E-state index contributed by atoms with van der Waals surface area (Å²) in [5.41, 5.74) is 7.27. The summed E-state index contributed by atoms with van der Waals surface area (Å²) in [6, 6.07) is 9.16. The number of carbonyl (C=O) groups excluding carboxylic acids is 1. The molecular formula is C16H18ClN5O2. The van der Waals surface area contributed by atoms with Crippen LogP contribution in [0.4, 0.5) is 17.5 Å². The number of anilines is 3. The minimum Gasteiger partial charge on any atom is -0.368 e. The Hall–Kier alpha value is -2.38. The van der Waals surface area contributed by atoms with Crippen molar-refractivity contribution >= 4 is 35.0 Å². The van der Waals surface area contributed by atoms with Crippen LogP contribution >= 0.6 is 11.6 Å². The quantitative estimate of drug-likeness (QED) is 0.718. The standard InChI is InChI=1S/C16H18ClN5O2/c17-13-8-14(22-16(18)21-13)19-9-10-3-1-4-11(7-10)20-15(23)12-5-2-6-24-12/h1,3-4,7-8,12H,2,5-6,9H2,(H,20,23)(H3,18,19,21,22). The van der Waals surface area contributed by atoms with E-state index in [1.54, 1.807) is 6.07 Å². The SMILES string of the molecule is Nc1nc(Cl)cc(NCc2cccc(NC(=O)C3CCCO3)c2)n1. The van der Waals surface area contributed by atoms with Crippen molar-refractivity contribution in [2.24, 2.45) is 0 Å². The molecule has 2 heterocycles. The van der Waals surface area contributed by atoms with E-state index in [4.69, 9.17) is 22.1 Å². The number of hydrogen-bond acceptors (Lipinski definition) is 6. The van der Waals surface area contributed by atoms with Crippen LogP contribution in [0.5, 0.6) is 0 Å². The smallest absolute Gasteiger partial charge is 0.253 e. The lowest BCUT2D eigenvalue weighted by Gasteiger charge is -2.12. The molecule has 1 aliphatic heterocycles. The molecule has 1 atom stereocenters. The molecule has 7 nitrogen and oxygen atoms in total. The summed E-state index contributed by atoms with van der Waals surface area (Å²) in [5.74, 6) is 0.553. The summed E-state index contributed by atoms with van der Waals surface area (Å²) in [6.07, 6.45) is 1.34. The van der Waals surface area contributed by atoms with Gasteiger partial charge in [0.1, 0.15) is 17.1 Å². The van der Waals surface area contributed by atoms with Crippen LogP contribution in [0.25, 0.3) is 0 Å². The van der Waals surface area contributed by atoms with E-state index in [1.165, 1.54) is 0 Å². The van der Waals surface area contributed by atoms with Crippen LogP contribution in [0.15, 0.2) is 30.3 Å². The Kier molecular flexibility index (Phi) is 5.12. The average molecular weight is 348 g/mol. The van der Waals surface area contributed by atoms with Gasteiger partial charge in [-0.1, -0.05) is 23.7 Å². The molecule has 1 saturated heterocycles. The lowest BCUT2D eigenvalue weighted by Crippen LogP contribution is -2.26. The highest BCUT2D eigenvalue weighted by atomic mass is 35.5. The Morgan fingerprint density at radius 2 is 2.25 bits per heavy atom. The number of rotatable bonds is 5. The van der Waals surface area contributed by atoms with Crippen LogP contribution in [-0.4, -0.2) is 28.6 Å². The summed E-state index contributed by atoms with van der Waals surface area (Å²) < 4.78 is 5.38. The molecule has 3 rings (SSSR count). The van der Waals surface area contributed by atoms with Gasteiger partial charge in [-0.2, -0.15) is 4.98 Å². The van der Waals surface area contributed by atoms with Crippen molar-refractivity contribution in [3.05, 3.63) is 41.0 Å². The number of nitrogen functional groups attached to an aromatic ring is 1. The summed E-state index contributed by atoms with van der Waals surface area (Å²) in [6.45, 7) is 1.16. The van der Waals surface area contributed by atoms with Crippen molar-refractivity contribution in [3.8, 4) is 0 Å². The van der Waals surface area contributed by atoms with E-state index in [0.29, 0.717) is 19.0 Å². The number of halogens is 1. The lowest BCUT2D eigenvalue weighted by molar-refractivity contribution is -0.124. The highest BCUT2D eigenvalue weighted by Gasteiger charge is 2.23. The van der Waals surface area contributed by atoms with Crippen molar-refractivity contribution in [3.63, 3.8) is 0 Å². The van der Waals surface area contributed by atoms with Gasteiger partial charge in [0.2, 0.25) is 5.95 Å². The molecular weight excluding hydrogens is 330 g/mol. The topological polar surface area (TPSA) is 102 Å². The third-order valence-electron chi connectivity index (χ3n) is 3.60. The molecule has 8 heteroatoms. The molecule has 126 valence electrons. The zero-order valence-electron chi connectivity index (χ0n) is 13.0. The summed E-state index contributed by atoms with van der Waals surface area (Å²) >= 11 is 5.85. The Bertz CT molecular complexity index is 714. The van der Waals surface area contributed by atoms with Gasteiger partial charge >= 0.3 is 0 Å². The van der Waals surface area contributed by atoms with Crippen LogP contribution < -0.4 is 16.4 Å². The lowest BCUT2D eigenvalue weighted by atomic mass is 10.2. The van der Waals surface area contributed by atoms with Crippen LogP contribution in [0, 0.1) is 0 Å². The number of hydrogen-bond donors (Lipinski definition) is 3. The number of carbonyl (C=O) groups is 1. The fourth-order valence-corrected chi connectivity index (χ4v) is 2.67. The minimum absolute atomic E-state index is 0.104. The van der Waals surface area contributed by atoms with Crippen molar-refractivity contribution in [2.45, 2.75) is 25.5 Å². The molecule has 1 unspecified atom stereocenters. The predicted molar refractivity (Wildman–Crippen MR) is 92.8 cm³/mol. The normalized spacial score (nSPS) is 16.8. The second kappa shape index (κ2) is 7.46. The van der Waals surface area contributed by atoms with Gasteiger partial charge in [-0.05, 0) is 30.5 Å². The summed E-state index contributed by atoms with van der Waals surface area (Å²) in [7, 11) is 0. The van der Waals surface area contributed by atoms with Gasteiger partial charge in [0.05, 0.1) is 0 Å². The molecule has 1 aliphatic rings. The zero-order valence-corrected chi connectivity index (χ0v) is 13.7. The summed E-state index contributed by atoms with van der Waals surface area (Å²) in [5, 5.41) is 6.29. The van der Waals surface area contributed by atoms with Gasteiger partial charge in [0.15, 0.2) is 0 Å². The van der Waals surface area contributed by atoms with E-state index < -0.39 is 0 Å². The first-order valence-corrected chi connectivity index (χ1v) is 8.03. The molecule has 0 spiro atoms. The first-order valence-electron chi connectivity index (χ1n) is 7.65. The first-order chi connectivity index (χ1) is 11.6. The van der Waals surface area contributed by atoms with Gasteiger partial charge in [0.25, 0.3) is 5.91 Å². The van der Waals surface area contributed by atoms with Crippen molar-refractivity contribution in [1.82, 2.24) is 9.97 Å². The van der Waals surface area contributed by atoms with Gasteiger partial charge in [0, 0.05) is 24.9 Å². The molecule has 0 bridgehead atoms. The van der Waals surface area contributed by atoms with Gasteiger partial charge in [-0.3, -0.25) is 4.79 Å². The Morgan fingerprint density at radius 3 is 3.00 bits per heavy atom. The maximum Gasteiger partial charge on any atom is 0.253 e. The molecule has 0 saturated carbocycles. The van der Waals surface area contributed by atoms with Crippen molar-refractivity contribution < 1.29 is 9.53 Å². The molecule has 0 radical (unpaired) electrons. The van der Waals surface area contributed by atoms with Crippen LogP contribution in [0.2, 0.25) is 5.15 Å². The number of nitrogens with zero attached hydrogens (tertiary/aromatic N) is 2. The van der Waals surface area contributed by atoms with Crippen LogP contribution in [0.3, 0.4) is 0 Å². The molecule has 1 aromatic carbocycles. The second-order valence-electron chi connectivity index (χ2n) is 5.48. The third kappa shape index (κ3) is 4.33. The Labute approximate surface area is 144 Å². The average Bonchev–Trinajstić information content (AvgIpc) is 3.07. The van der Waals surface area contributed by atoms with Gasteiger partial charge in [-0.15, -0.1) is 0 Å². The van der Waals surface area contributed by atoms with Crippen LogP contribution in [0.1, 0.15) is 18.4 Å². The molecule has 0 aliphatic carbocycles. The molecule has 1 fully saturated rings. The molecule has 1 aromatic heterocycles. The van der Waals surface area contributed by atoms with E-state index in [2.05, 4.69) is 20.6 Å². The van der Waals surface area contributed by atoms with Crippen LogP contribution in [-0.2, 0) is 16.1 Å². The minimum atomic E-state index is -0.349. The Balaban J connectivity index is 1.61. The maximum atomic E-state index is 12.1. The second-order valence-corrected chi connectivity index (χ2v) is 5.87. The van der Waals surface area contributed by atoms with E-state index in [9.17, 15) is 4.79 Å². The monoisotopic (exact) mass is 347 g/mol. The number of amides is 1. The number of aromatic nitrogens is 2. The van der Waals surface area contributed by atoms with Crippen molar-refractivity contribution in [2.75, 3.05) is 23.0 Å². The van der Waals surface area contributed by atoms with E-state index in [0.717, 1.165) is 24.1 Å². The van der Waals surface area contributed by atoms with E-state index >= 15 is 0 Å². The number of ether oxygens (including phenoxy) is 1. The van der Waals surface area contributed by atoms with Gasteiger partial charge in [-0.25, -0.2) is 4.98 Å². The molecule has 4 N–H and O–H groups in total. The van der Waals surface area contributed by atoms with E-state index in [-0.39, 0.29) is 23.1 Å². The summed E-state index contributed by atoms with van der Waals surface area (Å²) in [4.78, 5) is 19.9. The zero-order chi connectivity index (χ0) is 16.9. The van der Waals surface area contributed by atoms with E-state index in [1.807, 2.05) is 24.3 Å². The third-order valence-corrected chi connectivity index (χ3v) is 3.80.